The monoisotopic (exact) mass is 331 g/mol. The fourth-order valence-electron chi connectivity index (χ4n) is 1.41. The van der Waals surface area contributed by atoms with Gasteiger partial charge in [0.2, 0.25) is 0 Å². The number of benzene rings is 1. The molecule has 0 aliphatic heterocycles. The van der Waals surface area contributed by atoms with Crippen LogP contribution < -0.4 is 5.32 Å². The number of hydrogen-bond donors (Lipinski definition) is 2. The minimum absolute atomic E-state index is 0.00793. The highest BCUT2D eigenvalue weighted by Gasteiger charge is 2.48. The molecule has 0 amide bonds. The van der Waals surface area contributed by atoms with Gasteiger partial charge in [0, 0.05) is 6.54 Å². The van der Waals surface area contributed by atoms with Crippen LogP contribution in [0.5, 0.6) is 0 Å². The lowest BCUT2D eigenvalue weighted by Crippen LogP contribution is -2.25. The maximum atomic E-state index is 13.0. The van der Waals surface area contributed by atoms with Crippen molar-refractivity contribution in [3.63, 3.8) is 0 Å². The van der Waals surface area contributed by atoms with Gasteiger partial charge in [-0.05, 0) is 18.2 Å². The molecule has 1 aromatic rings. The SMILES string of the molecule is O=S(=O)(c1cc(F)ccc1NCCOCCO)C(F)(F)F. The normalized spacial score (nSPS) is 12.4. The van der Waals surface area contributed by atoms with Crippen molar-refractivity contribution in [3.05, 3.63) is 24.0 Å². The third-order valence-electron chi connectivity index (χ3n) is 2.34. The number of aliphatic hydroxyl groups excluding tert-OH is 1. The Morgan fingerprint density at radius 3 is 2.48 bits per heavy atom. The highest BCUT2D eigenvalue weighted by Crippen LogP contribution is 2.34. The molecule has 1 rings (SSSR count). The molecule has 0 saturated carbocycles. The molecular weight excluding hydrogens is 318 g/mol. The van der Waals surface area contributed by atoms with Gasteiger partial charge < -0.3 is 15.2 Å². The zero-order chi connectivity index (χ0) is 16.1. The molecule has 0 heterocycles. The van der Waals surface area contributed by atoms with Gasteiger partial charge in [0.1, 0.15) is 10.7 Å². The van der Waals surface area contributed by atoms with Crippen LogP contribution in [0.3, 0.4) is 0 Å². The molecule has 0 unspecified atom stereocenters. The Labute approximate surface area is 118 Å². The number of hydrogen-bond acceptors (Lipinski definition) is 5. The molecule has 0 spiro atoms. The second kappa shape index (κ2) is 7.05. The van der Waals surface area contributed by atoms with Crippen LogP contribution in [-0.4, -0.2) is 45.4 Å². The van der Waals surface area contributed by atoms with Gasteiger partial charge in [-0.1, -0.05) is 0 Å². The molecule has 0 fully saturated rings. The highest BCUT2D eigenvalue weighted by molar-refractivity contribution is 7.92. The van der Waals surface area contributed by atoms with Crippen LogP contribution in [-0.2, 0) is 14.6 Å². The topological polar surface area (TPSA) is 75.6 Å². The second-order valence-corrected chi connectivity index (χ2v) is 5.76. The molecule has 0 atom stereocenters. The van der Waals surface area contributed by atoms with Crippen LogP contribution in [0.2, 0.25) is 0 Å². The smallest absolute Gasteiger partial charge is 0.394 e. The van der Waals surface area contributed by atoms with Crippen molar-refractivity contribution in [1.29, 1.82) is 0 Å². The third kappa shape index (κ3) is 4.55. The Morgan fingerprint density at radius 2 is 1.90 bits per heavy atom. The Kier molecular flexibility index (Phi) is 5.93. The van der Waals surface area contributed by atoms with Gasteiger partial charge in [-0.3, -0.25) is 0 Å². The van der Waals surface area contributed by atoms with Gasteiger partial charge >= 0.3 is 5.51 Å². The van der Waals surface area contributed by atoms with Crippen LogP contribution in [0.1, 0.15) is 0 Å². The quantitative estimate of drug-likeness (QED) is 0.585. The zero-order valence-electron chi connectivity index (χ0n) is 10.7. The summed E-state index contributed by atoms with van der Waals surface area (Å²) in [4.78, 5) is -1.18. The molecule has 21 heavy (non-hydrogen) atoms. The summed E-state index contributed by atoms with van der Waals surface area (Å²) in [7, 11) is -5.66. The van der Waals surface area contributed by atoms with Crippen LogP contribution in [0.25, 0.3) is 0 Å². The standard InChI is InChI=1S/C11H13F4NO4S/c12-8-1-2-9(16-3-5-20-6-4-17)10(7-8)21(18,19)11(13,14)15/h1-2,7,16-17H,3-6H2. The summed E-state index contributed by atoms with van der Waals surface area (Å²) in [6.45, 7) is -0.154. The minimum Gasteiger partial charge on any atom is -0.394 e. The second-order valence-electron chi connectivity index (χ2n) is 3.85. The van der Waals surface area contributed by atoms with Crippen molar-refractivity contribution in [3.8, 4) is 0 Å². The minimum atomic E-state index is -5.66. The Bertz CT molecular complexity index is 574. The van der Waals surface area contributed by atoms with E-state index >= 15 is 0 Å². The summed E-state index contributed by atoms with van der Waals surface area (Å²) in [5.74, 6) is -1.10. The number of halogens is 4. The highest BCUT2D eigenvalue weighted by atomic mass is 32.2. The van der Waals surface area contributed by atoms with E-state index in [1.807, 2.05) is 0 Å². The molecular formula is C11H13F4NO4S. The molecule has 10 heteroatoms. The van der Waals surface area contributed by atoms with Crippen LogP contribution in [0.15, 0.2) is 23.1 Å². The maximum Gasteiger partial charge on any atom is 0.501 e. The van der Waals surface area contributed by atoms with Gasteiger partial charge in [-0.25, -0.2) is 12.8 Å². The first-order valence-electron chi connectivity index (χ1n) is 5.73. The van der Waals surface area contributed by atoms with E-state index in [4.69, 9.17) is 9.84 Å². The molecule has 0 aliphatic rings. The molecule has 0 radical (unpaired) electrons. The largest absolute Gasteiger partial charge is 0.501 e. The lowest BCUT2D eigenvalue weighted by molar-refractivity contribution is -0.0435. The number of anilines is 1. The van der Waals surface area contributed by atoms with Gasteiger partial charge in [0.25, 0.3) is 9.84 Å². The summed E-state index contributed by atoms with van der Waals surface area (Å²) >= 11 is 0. The fourth-order valence-corrected chi connectivity index (χ4v) is 2.36. The molecule has 0 aromatic heterocycles. The van der Waals surface area contributed by atoms with Gasteiger partial charge in [-0.15, -0.1) is 0 Å². The summed E-state index contributed by atoms with van der Waals surface area (Å²) in [6.07, 6.45) is 0. The zero-order valence-corrected chi connectivity index (χ0v) is 11.5. The van der Waals surface area contributed by atoms with Crippen LogP contribution in [0.4, 0.5) is 23.2 Å². The first-order valence-corrected chi connectivity index (χ1v) is 7.22. The van der Waals surface area contributed by atoms with Crippen molar-refractivity contribution >= 4 is 15.5 Å². The number of nitrogens with one attached hydrogen (secondary N) is 1. The molecule has 1 aromatic carbocycles. The summed E-state index contributed by atoms with van der Waals surface area (Å²) in [5, 5.41) is 10.9. The summed E-state index contributed by atoms with van der Waals surface area (Å²) < 4.78 is 78.2. The number of ether oxygens (including phenoxy) is 1. The van der Waals surface area contributed by atoms with E-state index in [1.54, 1.807) is 0 Å². The van der Waals surface area contributed by atoms with E-state index in [9.17, 15) is 26.0 Å². The lowest BCUT2D eigenvalue weighted by Gasteiger charge is -2.14. The predicted molar refractivity (Wildman–Crippen MR) is 66.0 cm³/mol. The van der Waals surface area contributed by atoms with E-state index in [2.05, 4.69) is 5.32 Å². The Hall–Kier alpha value is -1.39. The Balaban J connectivity index is 2.96. The van der Waals surface area contributed by atoms with Crippen LogP contribution in [0, 0.1) is 5.82 Å². The first-order chi connectivity index (χ1) is 9.70. The molecule has 2 N–H and O–H groups in total. The fraction of sp³-hybridized carbons (Fsp3) is 0.455. The number of aliphatic hydroxyl groups is 1. The van der Waals surface area contributed by atoms with E-state index in [-0.39, 0.29) is 32.1 Å². The van der Waals surface area contributed by atoms with Gasteiger partial charge in [0.15, 0.2) is 0 Å². The van der Waals surface area contributed by atoms with Gasteiger partial charge in [0.05, 0.1) is 25.5 Å². The molecule has 5 nitrogen and oxygen atoms in total. The van der Waals surface area contributed by atoms with Gasteiger partial charge in [-0.2, -0.15) is 13.2 Å². The first kappa shape index (κ1) is 17.7. The van der Waals surface area contributed by atoms with E-state index < -0.39 is 26.1 Å². The molecule has 120 valence electrons. The van der Waals surface area contributed by atoms with E-state index in [0.29, 0.717) is 6.07 Å². The van der Waals surface area contributed by atoms with Crippen LogP contribution >= 0.6 is 0 Å². The lowest BCUT2D eigenvalue weighted by atomic mass is 10.3. The van der Waals surface area contributed by atoms with E-state index in [0.717, 1.165) is 12.1 Å². The van der Waals surface area contributed by atoms with E-state index in [1.165, 1.54) is 0 Å². The number of rotatable bonds is 7. The van der Waals surface area contributed by atoms with Crippen molar-refractivity contribution in [1.82, 2.24) is 0 Å². The molecule has 0 saturated heterocycles. The number of sulfone groups is 1. The number of alkyl halides is 3. The molecule has 0 bridgehead atoms. The van der Waals surface area contributed by atoms with Crippen molar-refractivity contribution < 1.29 is 35.8 Å². The Morgan fingerprint density at radius 1 is 1.24 bits per heavy atom. The molecule has 0 aliphatic carbocycles. The van der Waals surface area contributed by atoms with Crippen molar-refractivity contribution in [2.24, 2.45) is 0 Å². The van der Waals surface area contributed by atoms with Crippen molar-refractivity contribution in [2.75, 3.05) is 31.7 Å². The van der Waals surface area contributed by atoms with Crippen molar-refractivity contribution in [2.45, 2.75) is 10.4 Å². The summed E-state index contributed by atoms with van der Waals surface area (Å²) in [6, 6.07) is 2.05. The average Bonchev–Trinajstić information content (AvgIpc) is 2.38. The summed E-state index contributed by atoms with van der Waals surface area (Å²) in [5.41, 5.74) is -5.90. The maximum absolute atomic E-state index is 13.0. The third-order valence-corrected chi connectivity index (χ3v) is 3.86. The predicted octanol–water partition coefficient (Wildman–Crippen LogP) is 1.54. The average molecular weight is 331 g/mol.